The lowest BCUT2D eigenvalue weighted by Crippen LogP contribution is -2.40. The smallest absolute Gasteiger partial charge is 0.409 e. The summed E-state index contributed by atoms with van der Waals surface area (Å²) in [5.41, 5.74) is -2.95. The number of pyridine rings is 1. The summed E-state index contributed by atoms with van der Waals surface area (Å²) in [6, 6.07) is 11.0. The summed E-state index contributed by atoms with van der Waals surface area (Å²) in [7, 11) is -2.37. The van der Waals surface area contributed by atoms with E-state index in [1.165, 1.54) is 12.4 Å². The molecule has 0 aliphatic heterocycles. The zero-order valence-corrected chi connectivity index (χ0v) is 28.6. The van der Waals surface area contributed by atoms with Crippen molar-refractivity contribution in [1.82, 2.24) is 25.1 Å². The molecule has 0 aliphatic carbocycles. The SMILES string of the molecule is CC(C)(C)[Si](C)(C)OCc1onc(-c2ccccc2Cl)c1C(=O)c1nnn(Cc2cc(C(F)(F)F)cc(C(F)(F)F)c2)c1-c1cccnc1. The average molecular weight is 722 g/mol. The van der Waals surface area contributed by atoms with E-state index in [-0.39, 0.29) is 62.3 Å². The quantitative estimate of drug-likeness (QED) is 0.0850. The summed E-state index contributed by atoms with van der Waals surface area (Å²) >= 11 is 6.49. The number of halogens is 7. The summed E-state index contributed by atoms with van der Waals surface area (Å²) < 4.78 is 94.9. The first-order valence-corrected chi connectivity index (χ1v) is 18.1. The average Bonchev–Trinajstić information content (AvgIpc) is 3.63. The standard InChI is InChI=1S/C33H30ClF6N5O3Si/c1-31(2,3)49(4,5)47-18-25-26(27(43-48-25)23-10-6-7-11-24(23)34)30(46)28-29(20-9-8-12-41-16-20)45(44-42-28)17-19-13-21(32(35,36)37)15-22(14-19)33(38,39)40/h6-16H,17-18H2,1-5H3. The molecule has 8 nitrogen and oxygen atoms in total. The molecule has 258 valence electrons. The molecule has 0 atom stereocenters. The van der Waals surface area contributed by atoms with Crippen LogP contribution in [0.3, 0.4) is 0 Å². The van der Waals surface area contributed by atoms with Crippen LogP contribution in [-0.2, 0) is 29.9 Å². The van der Waals surface area contributed by atoms with Gasteiger partial charge in [-0.1, -0.05) is 60.9 Å². The minimum Gasteiger partial charge on any atom is -0.409 e. The van der Waals surface area contributed by atoms with Crippen LogP contribution in [0.25, 0.3) is 22.5 Å². The van der Waals surface area contributed by atoms with E-state index in [9.17, 15) is 31.1 Å². The number of benzene rings is 2. The second kappa shape index (κ2) is 13.2. The zero-order valence-electron chi connectivity index (χ0n) is 26.9. The Labute approximate surface area is 283 Å². The Kier molecular flexibility index (Phi) is 9.66. The monoisotopic (exact) mass is 721 g/mol. The van der Waals surface area contributed by atoms with E-state index in [1.54, 1.807) is 36.4 Å². The maximum atomic E-state index is 14.6. The molecule has 0 spiro atoms. The van der Waals surface area contributed by atoms with Gasteiger partial charge in [-0.15, -0.1) is 5.10 Å². The molecule has 0 radical (unpaired) electrons. The maximum Gasteiger partial charge on any atom is 0.416 e. The summed E-state index contributed by atoms with van der Waals surface area (Å²) in [6.45, 7) is 9.44. The van der Waals surface area contributed by atoms with E-state index in [2.05, 4.69) is 20.5 Å². The van der Waals surface area contributed by atoms with Gasteiger partial charge in [-0.3, -0.25) is 9.78 Å². The number of rotatable bonds is 9. The van der Waals surface area contributed by atoms with Crippen LogP contribution in [0.1, 0.15) is 59.3 Å². The van der Waals surface area contributed by atoms with Gasteiger partial charge in [0.15, 0.2) is 19.8 Å². The van der Waals surface area contributed by atoms with E-state index >= 15 is 0 Å². The van der Waals surface area contributed by atoms with Crippen LogP contribution in [0, 0.1) is 0 Å². The second-order valence-corrected chi connectivity index (χ2v) is 18.0. The molecule has 5 rings (SSSR count). The first-order chi connectivity index (χ1) is 22.8. The van der Waals surface area contributed by atoms with Crippen LogP contribution in [0.5, 0.6) is 0 Å². The van der Waals surface area contributed by atoms with Crippen LogP contribution in [0.4, 0.5) is 26.3 Å². The normalized spacial score (nSPS) is 12.8. The van der Waals surface area contributed by atoms with Crippen molar-refractivity contribution in [3.8, 4) is 22.5 Å². The van der Waals surface area contributed by atoms with Gasteiger partial charge in [0.25, 0.3) is 0 Å². The summed E-state index contributed by atoms with van der Waals surface area (Å²) in [5.74, 6) is -0.667. The number of alkyl halides is 6. The van der Waals surface area contributed by atoms with Crippen LogP contribution < -0.4 is 0 Å². The van der Waals surface area contributed by atoms with Crippen molar-refractivity contribution in [3.05, 3.63) is 106 Å². The predicted octanol–water partition coefficient (Wildman–Crippen LogP) is 9.49. The molecular weight excluding hydrogens is 692 g/mol. The van der Waals surface area contributed by atoms with Crippen molar-refractivity contribution in [1.29, 1.82) is 0 Å². The molecule has 0 aliphatic rings. The van der Waals surface area contributed by atoms with Gasteiger partial charge < -0.3 is 8.95 Å². The first-order valence-electron chi connectivity index (χ1n) is 14.8. The Hall–Kier alpha value is -4.34. The van der Waals surface area contributed by atoms with E-state index < -0.39 is 44.1 Å². The first kappa shape index (κ1) is 36.0. The minimum absolute atomic E-state index is 0.00774. The van der Waals surface area contributed by atoms with Gasteiger partial charge in [-0.25, -0.2) is 4.68 Å². The lowest BCUT2D eigenvalue weighted by atomic mass is 9.98. The van der Waals surface area contributed by atoms with E-state index in [0.717, 1.165) is 4.68 Å². The third-order valence-corrected chi connectivity index (χ3v) is 13.2. The zero-order chi connectivity index (χ0) is 35.9. The molecule has 2 aromatic carbocycles. The molecule has 3 aromatic heterocycles. The molecule has 0 amide bonds. The van der Waals surface area contributed by atoms with Crippen molar-refractivity contribution in [2.45, 2.75) is 64.4 Å². The number of nitrogens with zero attached hydrogens (tertiary/aromatic N) is 5. The third-order valence-electron chi connectivity index (χ3n) is 8.35. The van der Waals surface area contributed by atoms with Gasteiger partial charge in [0, 0.05) is 23.5 Å². The molecule has 0 bridgehead atoms. The van der Waals surface area contributed by atoms with Gasteiger partial charge in [0.05, 0.1) is 34.9 Å². The Balaban J connectivity index is 1.67. The molecule has 0 unspecified atom stereocenters. The molecule has 5 aromatic rings. The van der Waals surface area contributed by atoms with Crippen molar-refractivity contribution < 1.29 is 40.1 Å². The predicted molar refractivity (Wildman–Crippen MR) is 171 cm³/mol. The minimum atomic E-state index is -5.06. The third kappa shape index (κ3) is 7.63. The fourth-order valence-electron chi connectivity index (χ4n) is 4.72. The number of carbonyl (C=O) groups is 1. The number of hydrogen-bond donors (Lipinski definition) is 0. The Morgan fingerprint density at radius 1 is 0.959 bits per heavy atom. The highest BCUT2D eigenvalue weighted by molar-refractivity contribution is 6.74. The van der Waals surface area contributed by atoms with Crippen molar-refractivity contribution >= 4 is 25.7 Å². The van der Waals surface area contributed by atoms with Crippen LogP contribution in [0.15, 0.2) is 71.5 Å². The van der Waals surface area contributed by atoms with Crippen molar-refractivity contribution in [2.24, 2.45) is 0 Å². The molecule has 16 heteroatoms. The van der Waals surface area contributed by atoms with Crippen molar-refractivity contribution in [3.63, 3.8) is 0 Å². The highest BCUT2D eigenvalue weighted by Gasteiger charge is 2.40. The highest BCUT2D eigenvalue weighted by Crippen LogP contribution is 2.40. The largest absolute Gasteiger partial charge is 0.416 e. The van der Waals surface area contributed by atoms with Crippen LogP contribution in [-0.4, -0.2) is 39.2 Å². The number of hydrogen-bond acceptors (Lipinski definition) is 7. The number of ketones is 1. The molecule has 0 N–H and O–H groups in total. The maximum absolute atomic E-state index is 14.6. The second-order valence-electron chi connectivity index (χ2n) is 12.8. The lowest BCUT2D eigenvalue weighted by molar-refractivity contribution is -0.143. The van der Waals surface area contributed by atoms with Crippen LogP contribution >= 0.6 is 11.6 Å². The molecule has 3 heterocycles. The fraction of sp³-hybridized carbons (Fsp3) is 0.303. The molecule has 49 heavy (non-hydrogen) atoms. The van der Waals surface area contributed by atoms with Gasteiger partial charge in [-0.2, -0.15) is 26.3 Å². The highest BCUT2D eigenvalue weighted by atomic mass is 35.5. The van der Waals surface area contributed by atoms with Gasteiger partial charge in [0.1, 0.15) is 11.4 Å². The van der Waals surface area contributed by atoms with Crippen molar-refractivity contribution in [2.75, 3.05) is 0 Å². The topological polar surface area (TPSA) is 95.9 Å². The van der Waals surface area contributed by atoms with E-state index in [0.29, 0.717) is 17.7 Å². The Morgan fingerprint density at radius 2 is 1.61 bits per heavy atom. The van der Waals surface area contributed by atoms with E-state index in [1.807, 2.05) is 33.9 Å². The number of aromatic nitrogens is 5. The molecular formula is C33H30ClF6N5O3Si. The van der Waals surface area contributed by atoms with Crippen LogP contribution in [0.2, 0.25) is 23.2 Å². The fourth-order valence-corrected chi connectivity index (χ4v) is 5.87. The molecule has 0 saturated carbocycles. The molecule has 0 fully saturated rings. The number of carbonyl (C=O) groups excluding carboxylic acids is 1. The Bertz CT molecular complexity index is 1950. The summed E-state index contributed by atoms with van der Waals surface area (Å²) in [4.78, 5) is 18.6. The Morgan fingerprint density at radius 3 is 2.18 bits per heavy atom. The van der Waals surface area contributed by atoms with Gasteiger partial charge >= 0.3 is 12.4 Å². The van der Waals surface area contributed by atoms with Gasteiger partial charge in [0.2, 0.25) is 5.78 Å². The summed E-state index contributed by atoms with van der Waals surface area (Å²) in [6.07, 6.45) is -7.30. The van der Waals surface area contributed by atoms with E-state index in [4.69, 9.17) is 20.6 Å². The lowest BCUT2D eigenvalue weighted by Gasteiger charge is -2.35. The van der Waals surface area contributed by atoms with Gasteiger partial charge in [-0.05, 0) is 60.1 Å². The summed E-state index contributed by atoms with van der Waals surface area (Å²) in [5, 5.41) is 12.4. The molecule has 0 saturated heterocycles.